The van der Waals surface area contributed by atoms with E-state index in [-0.39, 0.29) is 32.0 Å². The highest BCUT2D eigenvalue weighted by Crippen LogP contribution is 2.46. The second-order valence-corrected chi connectivity index (χ2v) is 6.06. The van der Waals surface area contributed by atoms with E-state index in [0.717, 1.165) is 5.56 Å². The molecule has 2 atom stereocenters. The molecule has 0 radical (unpaired) electrons. The molecule has 0 unspecified atom stereocenters. The van der Waals surface area contributed by atoms with E-state index >= 15 is 0 Å². The Labute approximate surface area is 141 Å². The maximum Gasteiger partial charge on any atom is 0.333 e. The van der Waals surface area contributed by atoms with Gasteiger partial charge in [-0.3, -0.25) is 9.59 Å². The van der Waals surface area contributed by atoms with Gasteiger partial charge in [0.05, 0.1) is 25.0 Å². The van der Waals surface area contributed by atoms with E-state index in [1.165, 1.54) is 0 Å². The van der Waals surface area contributed by atoms with Crippen LogP contribution in [0.1, 0.15) is 32.8 Å². The Bertz CT molecular complexity index is 630. The molecule has 1 aliphatic heterocycles. The lowest BCUT2D eigenvalue weighted by Crippen LogP contribution is -2.80. The zero-order valence-corrected chi connectivity index (χ0v) is 14.3. The Kier molecular flexibility index (Phi) is 5.26. The summed E-state index contributed by atoms with van der Waals surface area (Å²) in [5, 5.41) is 2.71. The SMILES string of the molecule is CCOC(=O)C[C@]1(C)C(=O)N[C@]1(Cc1ccccc1)C(=O)OCC. The molecule has 130 valence electrons. The van der Waals surface area contributed by atoms with E-state index in [1.807, 2.05) is 30.3 Å². The average molecular weight is 333 g/mol. The third-order valence-corrected chi connectivity index (χ3v) is 4.51. The van der Waals surface area contributed by atoms with E-state index in [9.17, 15) is 14.4 Å². The van der Waals surface area contributed by atoms with Crippen molar-refractivity contribution in [2.75, 3.05) is 13.2 Å². The number of benzene rings is 1. The number of ether oxygens (including phenoxy) is 2. The van der Waals surface area contributed by atoms with E-state index < -0.39 is 22.9 Å². The van der Waals surface area contributed by atoms with Crippen molar-refractivity contribution in [1.29, 1.82) is 0 Å². The molecule has 1 saturated heterocycles. The largest absolute Gasteiger partial charge is 0.466 e. The van der Waals surface area contributed by atoms with Crippen molar-refractivity contribution < 1.29 is 23.9 Å². The smallest absolute Gasteiger partial charge is 0.333 e. The molecule has 1 aromatic rings. The summed E-state index contributed by atoms with van der Waals surface area (Å²) in [4.78, 5) is 36.9. The van der Waals surface area contributed by atoms with Gasteiger partial charge in [0, 0.05) is 6.42 Å². The molecule has 0 spiro atoms. The molecule has 0 aromatic heterocycles. The van der Waals surface area contributed by atoms with Crippen molar-refractivity contribution in [3.8, 4) is 0 Å². The summed E-state index contributed by atoms with van der Waals surface area (Å²) < 4.78 is 10.2. The van der Waals surface area contributed by atoms with Crippen LogP contribution in [0.25, 0.3) is 0 Å². The van der Waals surface area contributed by atoms with Gasteiger partial charge in [0.1, 0.15) is 0 Å². The molecule has 1 heterocycles. The first-order valence-electron chi connectivity index (χ1n) is 8.09. The van der Waals surface area contributed by atoms with E-state index in [0.29, 0.717) is 0 Å². The highest BCUT2D eigenvalue weighted by Gasteiger charge is 2.68. The van der Waals surface area contributed by atoms with Crippen molar-refractivity contribution in [2.24, 2.45) is 5.41 Å². The number of hydrogen-bond acceptors (Lipinski definition) is 5. The minimum atomic E-state index is -1.27. The first-order valence-corrected chi connectivity index (χ1v) is 8.09. The van der Waals surface area contributed by atoms with Gasteiger partial charge in [-0.1, -0.05) is 30.3 Å². The summed E-state index contributed by atoms with van der Waals surface area (Å²) in [7, 11) is 0. The van der Waals surface area contributed by atoms with Crippen molar-refractivity contribution in [2.45, 2.75) is 39.2 Å². The van der Waals surface area contributed by atoms with Crippen LogP contribution in [-0.4, -0.2) is 36.6 Å². The second-order valence-electron chi connectivity index (χ2n) is 6.06. The number of nitrogens with one attached hydrogen (secondary N) is 1. The zero-order chi connectivity index (χ0) is 17.8. The molecule has 0 saturated carbocycles. The summed E-state index contributed by atoms with van der Waals surface area (Å²) in [6, 6.07) is 9.33. The number of carbonyl (C=O) groups is 3. The molecule has 1 fully saturated rings. The second kappa shape index (κ2) is 7.03. The lowest BCUT2D eigenvalue weighted by molar-refractivity contribution is -0.181. The molecule has 1 N–H and O–H groups in total. The van der Waals surface area contributed by atoms with Crippen molar-refractivity contribution in [3.05, 3.63) is 35.9 Å². The minimum Gasteiger partial charge on any atom is -0.466 e. The van der Waals surface area contributed by atoms with Crippen LogP contribution in [0.4, 0.5) is 0 Å². The summed E-state index contributed by atoms with van der Waals surface area (Å²) in [6.45, 7) is 5.44. The molecular formula is C18H23NO5. The Morgan fingerprint density at radius 2 is 1.71 bits per heavy atom. The van der Waals surface area contributed by atoms with Crippen LogP contribution >= 0.6 is 0 Å². The van der Waals surface area contributed by atoms with Crippen LogP contribution in [-0.2, 0) is 30.3 Å². The minimum absolute atomic E-state index is 0.168. The Balaban J connectivity index is 2.36. The van der Waals surface area contributed by atoms with Gasteiger partial charge in [-0.05, 0) is 26.3 Å². The molecule has 24 heavy (non-hydrogen) atoms. The number of esters is 2. The highest BCUT2D eigenvalue weighted by atomic mass is 16.5. The molecule has 1 amide bonds. The fourth-order valence-electron chi connectivity index (χ4n) is 3.08. The maximum absolute atomic E-state index is 12.7. The number of carbonyl (C=O) groups excluding carboxylic acids is 3. The van der Waals surface area contributed by atoms with Crippen molar-refractivity contribution in [3.63, 3.8) is 0 Å². The monoisotopic (exact) mass is 333 g/mol. The molecule has 6 nitrogen and oxygen atoms in total. The summed E-state index contributed by atoms with van der Waals surface area (Å²) >= 11 is 0. The third kappa shape index (κ3) is 3.00. The van der Waals surface area contributed by atoms with Crippen LogP contribution in [0.5, 0.6) is 0 Å². The lowest BCUT2D eigenvalue weighted by Gasteiger charge is -2.54. The predicted molar refractivity (Wildman–Crippen MR) is 87.0 cm³/mol. The first-order chi connectivity index (χ1) is 11.4. The molecule has 1 aromatic carbocycles. The molecule has 6 heteroatoms. The van der Waals surface area contributed by atoms with Crippen LogP contribution < -0.4 is 5.32 Å². The predicted octanol–water partition coefficient (Wildman–Crippen LogP) is 1.62. The van der Waals surface area contributed by atoms with Gasteiger partial charge < -0.3 is 14.8 Å². The number of β-lactam (4-membered cyclic amide) rings is 1. The van der Waals surface area contributed by atoms with Crippen LogP contribution in [0.3, 0.4) is 0 Å². The third-order valence-electron chi connectivity index (χ3n) is 4.51. The van der Waals surface area contributed by atoms with Gasteiger partial charge in [-0.2, -0.15) is 0 Å². The van der Waals surface area contributed by atoms with Crippen molar-refractivity contribution in [1.82, 2.24) is 5.32 Å². The van der Waals surface area contributed by atoms with E-state index in [1.54, 1.807) is 20.8 Å². The standard InChI is InChI=1S/C18H23NO5/c1-4-23-14(20)12-17(3)15(21)19-18(17,16(22)24-5-2)11-13-9-7-6-8-10-13/h6-10H,4-5,11-12H2,1-3H3,(H,19,21)/t17-,18-/m1/s1. The fraction of sp³-hybridized carbons (Fsp3) is 0.500. The lowest BCUT2D eigenvalue weighted by atomic mass is 9.59. The van der Waals surface area contributed by atoms with E-state index in [4.69, 9.17) is 9.47 Å². The van der Waals surface area contributed by atoms with Gasteiger partial charge >= 0.3 is 11.9 Å². The van der Waals surface area contributed by atoms with Gasteiger partial charge in [0.15, 0.2) is 5.54 Å². The summed E-state index contributed by atoms with van der Waals surface area (Å²) in [6.07, 6.45) is 0.0899. The Morgan fingerprint density at radius 3 is 2.25 bits per heavy atom. The Morgan fingerprint density at radius 1 is 1.08 bits per heavy atom. The molecule has 2 rings (SSSR count). The molecule has 1 aliphatic rings. The van der Waals surface area contributed by atoms with Crippen LogP contribution in [0.15, 0.2) is 30.3 Å². The number of hydrogen-bond donors (Lipinski definition) is 1. The van der Waals surface area contributed by atoms with Gasteiger partial charge in [-0.25, -0.2) is 4.79 Å². The fourth-order valence-corrected chi connectivity index (χ4v) is 3.08. The summed E-state index contributed by atoms with van der Waals surface area (Å²) in [5.41, 5.74) is -1.60. The topological polar surface area (TPSA) is 81.7 Å². The van der Waals surface area contributed by atoms with E-state index in [2.05, 4.69) is 5.32 Å². The maximum atomic E-state index is 12.7. The number of amides is 1. The van der Waals surface area contributed by atoms with Crippen LogP contribution in [0.2, 0.25) is 0 Å². The van der Waals surface area contributed by atoms with Crippen molar-refractivity contribution >= 4 is 17.8 Å². The normalized spacial score (nSPS) is 25.4. The highest BCUT2D eigenvalue weighted by molar-refractivity contribution is 6.05. The Hall–Kier alpha value is -2.37. The van der Waals surface area contributed by atoms with Crippen LogP contribution in [0, 0.1) is 5.41 Å². The quantitative estimate of drug-likeness (QED) is 0.606. The first kappa shape index (κ1) is 18.0. The van der Waals surface area contributed by atoms with Gasteiger partial charge in [-0.15, -0.1) is 0 Å². The van der Waals surface area contributed by atoms with Gasteiger partial charge in [0.25, 0.3) is 0 Å². The van der Waals surface area contributed by atoms with Gasteiger partial charge in [0.2, 0.25) is 5.91 Å². The molecule has 0 bridgehead atoms. The number of rotatable bonds is 7. The molecule has 0 aliphatic carbocycles. The molecular weight excluding hydrogens is 310 g/mol. The average Bonchev–Trinajstić information content (AvgIpc) is 2.55. The summed E-state index contributed by atoms with van der Waals surface area (Å²) in [5.74, 6) is -1.38. The zero-order valence-electron chi connectivity index (χ0n) is 14.3.